The summed E-state index contributed by atoms with van der Waals surface area (Å²) in [5, 5.41) is 0.558. The average molecular weight is 382 g/mol. The lowest BCUT2D eigenvalue weighted by Gasteiger charge is -2.26. The molecule has 0 atom stereocenters. The SMILES string of the molecule is CC(C)N(Cc1nc2ccccc2c(=O)[nH]1)C(=O)CCSc1ccccc1. The van der Waals surface area contributed by atoms with Crippen LogP contribution in [0.5, 0.6) is 0 Å². The molecule has 0 aliphatic carbocycles. The molecule has 0 fully saturated rings. The highest BCUT2D eigenvalue weighted by Crippen LogP contribution is 2.19. The zero-order chi connectivity index (χ0) is 19.2. The van der Waals surface area contributed by atoms with E-state index in [1.807, 2.05) is 62.4 Å². The monoisotopic (exact) mass is 381 g/mol. The van der Waals surface area contributed by atoms with Gasteiger partial charge >= 0.3 is 0 Å². The Morgan fingerprint density at radius 1 is 1.11 bits per heavy atom. The lowest BCUT2D eigenvalue weighted by atomic mass is 10.2. The number of carbonyl (C=O) groups excluding carboxylic acids is 1. The zero-order valence-electron chi connectivity index (χ0n) is 15.5. The molecule has 0 spiro atoms. The lowest BCUT2D eigenvalue weighted by Crippen LogP contribution is -2.37. The minimum Gasteiger partial charge on any atom is -0.333 e. The topological polar surface area (TPSA) is 66.1 Å². The third kappa shape index (κ3) is 4.98. The number of para-hydroxylation sites is 1. The zero-order valence-corrected chi connectivity index (χ0v) is 16.3. The van der Waals surface area contributed by atoms with E-state index in [1.54, 1.807) is 22.7 Å². The molecule has 1 heterocycles. The number of nitrogens with one attached hydrogen (secondary N) is 1. The maximum atomic E-state index is 12.7. The van der Waals surface area contributed by atoms with E-state index in [-0.39, 0.29) is 17.5 Å². The molecule has 140 valence electrons. The van der Waals surface area contributed by atoms with Gasteiger partial charge in [-0.05, 0) is 38.1 Å². The van der Waals surface area contributed by atoms with E-state index in [0.29, 0.717) is 35.4 Å². The van der Waals surface area contributed by atoms with Crippen molar-refractivity contribution in [2.75, 3.05) is 5.75 Å². The molecule has 27 heavy (non-hydrogen) atoms. The van der Waals surface area contributed by atoms with Crippen molar-refractivity contribution in [2.45, 2.75) is 37.8 Å². The van der Waals surface area contributed by atoms with Crippen LogP contribution in [0.2, 0.25) is 0 Å². The number of H-pyrrole nitrogens is 1. The summed E-state index contributed by atoms with van der Waals surface area (Å²) in [6, 6.07) is 17.3. The second-order valence-corrected chi connectivity index (χ2v) is 7.73. The molecule has 1 aromatic heterocycles. The van der Waals surface area contributed by atoms with Crippen LogP contribution in [0.4, 0.5) is 0 Å². The smallest absolute Gasteiger partial charge is 0.258 e. The number of aromatic nitrogens is 2. The van der Waals surface area contributed by atoms with E-state index in [1.165, 1.54) is 0 Å². The Morgan fingerprint density at radius 3 is 2.56 bits per heavy atom. The van der Waals surface area contributed by atoms with Crippen molar-refractivity contribution in [1.82, 2.24) is 14.9 Å². The van der Waals surface area contributed by atoms with Gasteiger partial charge in [-0.1, -0.05) is 30.3 Å². The van der Waals surface area contributed by atoms with Gasteiger partial charge in [0, 0.05) is 23.1 Å². The van der Waals surface area contributed by atoms with Crippen LogP contribution in [-0.2, 0) is 11.3 Å². The van der Waals surface area contributed by atoms with Crippen molar-refractivity contribution >= 4 is 28.6 Å². The maximum absolute atomic E-state index is 12.7. The van der Waals surface area contributed by atoms with Crippen LogP contribution in [0.25, 0.3) is 10.9 Å². The fraction of sp³-hybridized carbons (Fsp3) is 0.286. The molecule has 0 aliphatic rings. The standard InChI is InChI=1S/C21H23N3O2S/c1-15(2)24(20(25)12-13-27-16-8-4-3-5-9-16)14-19-22-18-11-7-6-10-17(18)21(26)23-19/h3-11,15H,12-14H2,1-2H3,(H,22,23,26). The molecule has 0 aliphatic heterocycles. The van der Waals surface area contributed by atoms with E-state index in [0.717, 1.165) is 4.90 Å². The quantitative estimate of drug-likeness (QED) is 0.632. The number of rotatable bonds is 7. The van der Waals surface area contributed by atoms with Gasteiger partial charge in [-0.25, -0.2) is 4.98 Å². The highest BCUT2D eigenvalue weighted by Gasteiger charge is 2.18. The summed E-state index contributed by atoms with van der Waals surface area (Å²) in [6.07, 6.45) is 0.440. The predicted octanol–water partition coefficient (Wildman–Crippen LogP) is 3.84. The summed E-state index contributed by atoms with van der Waals surface area (Å²) in [4.78, 5) is 35.2. The van der Waals surface area contributed by atoms with E-state index in [9.17, 15) is 9.59 Å². The highest BCUT2D eigenvalue weighted by atomic mass is 32.2. The molecule has 0 saturated heterocycles. The van der Waals surface area contributed by atoms with Crippen molar-refractivity contribution in [3.8, 4) is 0 Å². The van der Waals surface area contributed by atoms with Gasteiger partial charge in [0.1, 0.15) is 5.82 Å². The van der Waals surface area contributed by atoms with E-state index < -0.39 is 0 Å². The first-order valence-corrected chi connectivity index (χ1v) is 9.98. The molecule has 0 radical (unpaired) electrons. The summed E-state index contributed by atoms with van der Waals surface area (Å²) in [7, 11) is 0. The summed E-state index contributed by atoms with van der Waals surface area (Å²) in [5.74, 6) is 1.29. The molecule has 0 unspecified atom stereocenters. The molecule has 2 aromatic carbocycles. The summed E-state index contributed by atoms with van der Waals surface area (Å²) < 4.78 is 0. The first-order chi connectivity index (χ1) is 13.0. The van der Waals surface area contributed by atoms with Crippen LogP contribution in [0, 0.1) is 0 Å². The summed E-state index contributed by atoms with van der Waals surface area (Å²) in [5.41, 5.74) is 0.471. The molecule has 3 rings (SSSR count). The van der Waals surface area contributed by atoms with Crippen LogP contribution in [0.15, 0.2) is 64.3 Å². The van der Waals surface area contributed by atoms with Crippen molar-refractivity contribution in [2.24, 2.45) is 0 Å². The third-order valence-electron chi connectivity index (χ3n) is 4.25. The Bertz CT molecular complexity index is 970. The first kappa shape index (κ1) is 19.2. The van der Waals surface area contributed by atoms with Gasteiger partial charge in [0.2, 0.25) is 5.91 Å². The van der Waals surface area contributed by atoms with E-state index >= 15 is 0 Å². The molecule has 1 amide bonds. The van der Waals surface area contributed by atoms with Crippen LogP contribution in [0.3, 0.4) is 0 Å². The summed E-state index contributed by atoms with van der Waals surface area (Å²) >= 11 is 1.67. The Hall–Kier alpha value is -2.60. The van der Waals surface area contributed by atoms with Crippen LogP contribution in [-0.4, -0.2) is 32.6 Å². The maximum Gasteiger partial charge on any atom is 0.258 e. The van der Waals surface area contributed by atoms with Crippen molar-refractivity contribution in [1.29, 1.82) is 0 Å². The Labute approximate surface area is 162 Å². The number of fused-ring (bicyclic) bond motifs is 1. The number of nitrogens with zero attached hydrogens (tertiary/aromatic N) is 2. The molecule has 6 heteroatoms. The number of aromatic amines is 1. The second-order valence-electron chi connectivity index (χ2n) is 6.56. The number of benzene rings is 2. The van der Waals surface area contributed by atoms with Crippen molar-refractivity contribution < 1.29 is 4.79 Å². The molecule has 3 aromatic rings. The molecule has 1 N–H and O–H groups in total. The third-order valence-corrected chi connectivity index (χ3v) is 5.27. The molecule has 0 saturated carbocycles. The van der Waals surface area contributed by atoms with Crippen LogP contribution >= 0.6 is 11.8 Å². The summed E-state index contributed by atoms with van der Waals surface area (Å²) in [6.45, 7) is 4.25. The predicted molar refractivity (Wildman–Crippen MR) is 110 cm³/mol. The van der Waals surface area contributed by atoms with Gasteiger partial charge < -0.3 is 9.88 Å². The Morgan fingerprint density at radius 2 is 1.81 bits per heavy atom. The molecular weight excluding hydrogens is 358 g/mol. The van der Waals surface area contributed by atoms with Crippen LogP contribution in [0.1, 0.15) is 26.1 Å². The number of hydrogen-bond acceptors (Lipinski definition) is 4. The molecule has 0 bridgehead atoms. The van der Waals surface area contributed by atoms with Gasteiger partial charge in [-0.3, -0.25) is 9.59 Å². The van der Waals surface area contributed by atoms with Gasteiger partial charge in [0.15, 0.2) is 0 Å². The molecule has 5 nitrogen and oxygen atoms in total. The number of carbonyl (C=O) groups is 1. The minimum atomic E-state index is -0.175. The van der Waals surface area contributed by atoms with E-state index in [4.69, 9.17) is 0 Å². The molecular formula is C21H23N3O2S. The average Bonchev–Trinajstić information content (AvgIpc) is 2.66. The normalized spacial score (nSPS) is 11.1. The van der Waals surface area contributed by atoms with Gasteiger partial charge in [0.05, 0.1) is 17.4 Å². The van der Waals surface area contributed by atoms with Crippen molar-refractivity contribution in [3.05, 3.63) is 70.8 Å². The lowest BCUT2D eigenvalue weighted by molar-refractivity contribution is -0.133. The highest BCUT2D eigenvalue weighted by molar-refractivity contribution is 7.99. The minimum absolute atomic E-state index is 0.0241. The Balaban J connectivity index is 1.68. The Kier molecular flexibility index (Phi) is 6.29. The fourth-order valence-electron chi connectivity index (χ4n) is 2.85. The van der Waals surface area contributed by atoms with Gasteiger partial charge in [-0.15, -0.1) is 11.8 Å². The largest absolute Gasteiger partial charge is 0.333 e. The van der Waals surface area contributed by atoms with E-state index in [2.05, 4.69) is 9.97 Å². The first-order valence-electron chi connectivity index (χ1n) is 9.00. The van der Waals surface area contributed by atoms with Gasteiger partial charge in [-0.2, -0.15) is 0 Å². The van der Waals surface area contributed by atoms with Crippen molar-refractivity contribution in [3.63, 3.8) is 0 Å². The van der Waals surface area contributed by atoms with Gasteiger partial charge in [0.25, 0.3) is 5.56 Å². The number of amides is 1. The van der Waals surface area contributed by atoms with Crippen LogP contribution < -0.4 is 5.56 Å². The second kappa shape index (κ2) is 8.86. The fourth-order valence-corrected chi connectivity index (χ4v) is 3.71. The number of hydrogen-bond donors (Lipinski definition) is 1. The number of thioether (sulfide) groups is 1.